The fraction of sp³-hybridized carbons (Fsp3) is 0.467. The van der Waals surface area contributed by atoms with Crippen LogP contribution in [-0.2, 0) is 9.59 Å². The maximum atomic E-state index is 13.1. The molecule has 0 aromatic heterocycles. The molecule has 0 radical (unpaired) electrons. The lowest BCUT2D eigenvalue weighted by Crippen LogP contribution is -2.42. The van der Waals surface area contributed by atoms with Gasteiger partial charge in [-0.3, -0.25) is 14.5 Å². The quantitative estimate of drug-likeness (QED) is 0.843. The Morgan fingerprint density at radius 2 is 2.00 bits per heavy atom. The molecule has 21 heavy (non-hydrogen) atoms. The van der Waals surface area contributed by atoms with Gasteiger partial charge >= 0.3 is 5.97 Å². The molecule has 0 spiro atoms. The predicted octanol–water partition coefficient (Wildman–Crippen LogP) is 2.09. The van der Waals surface area contributed by atoms with Crippen molar-refractivity contribution in [3.8, 4) is 0 Å². The molecule has 1 aromatic rings. The van der Waals surface area contributed by atoms with Gasteiger partial charge in [-0.25, -0.2) is 4.39 Å². The molecule has 5 nitrogen and oxygen atoms in total. The second-order valence-electron chi connectivity index (χ2n) is 5.30. The summed E-state index contributed by atoms with van der Waals surface area (Å²) in [6.07, 6.45) is 3.96. The number of carbonyl (C=O) groups excluding carboxylic acids is 1. The van der Waals surface area contributed by atoms with Crippen LogP contribution in [0.4, 0.5) is 10.1 Å². The highest BCUT2D eigenvalue weighted by molar-refractivity contribution is 5.92. The number of benzene rings is 1. The minimum Gasteiger partial charge on any atom is -0.480 e. The fourth-order valence-electron chi connectivity index (χ4n) is 2.71. The summed E-state index contributed by atoms with van der Waals surface area (Å²) >= 11 is 0. The van der Waals surface area contributed by atoms with E-state index in [0.717, 1.165) is 25.7 Å². The Labute approximate surface area is 122 Å². The number of rotatable bonds is 6. The van der Waals surface area contributed by atoms with Crippen LogP contribution in [0.15, 0.2) is 24.3 Å². The molecule has 2 N–H and O–H groups in total. The maximum absolute atomic E-state index is 13.1. The Morgan fingerprint density at radius 3 is 2.62 bits per heavy atom. The third-order valence-corrected chi connectivity index (χ3v) is 3.63. The number of carboxylic acids is 1. The molecule has 114 valence electrons. The minimum absolute atomic E-state index is 0.00742. The first-order valence-corrected chi connectivity index (χ1v) is 7.06. The van der Waals surface area contributed by atoms with E-state index in [0.29, 0.717) is 5.69 Å². The van der Waals surface area contributed by atoms with Crippen molar-refractivity contribution in [2.24, 2.45) is 0 Å². The first kappa shape index (κ1) is 15.4. The van der Waals surface area contributed by atoms with E-state index in [1.807, 2.05) is 0 Å². The molecule has 1 aromatic carbocycles. The van der Waals surface area contributed by atoms with Crippen molar-refractivity contribution in [1.29, 1.82) is 0 Å². The topological polar surface area (TPSA) is 69.6 Å². The van der Waals surface area contributed by atoms with Gasteiger partial charge in [0.1, 0.15) is 5.82 Å². The van der Waals surface area contributed by atoms with E-state index >= 15 is 0 Å². The second-order valence-corrected chi connectivity index (χ2v) is 5.30. The summed E-state index contributed by atoms with van der Waals surface area (Å²) < 4.78 is 13.1. The lowest BCUT2D eigenvalue weighted by Gasteiger charge is -2.26. The predicted molar refractivity (Wildman–Crippen MR) is 76.5 cm³/mol. The largest absolute Gasteiger partial charge is 0.480 e. The SMILES string of the molecule is O=C(O)CN(CC(=O)Nc1cccc(F)c1)C1CCCC1. The van der Waals surface area contributed by atoms with Crippen LogP contribution in [0.2, 0.25) is 0 Å². The first-order valence-electron chi connectivity index (χ1n) is 7.06. The third-order valence-electron chi connectivity index (χ3n) is 3.63. The lowest BCUT2D eigenvalue weighted by atomic mass is 10.2. The molecule has 2 rings (SSSR count). The third kappa shape index (κ3) is 4.82. The number of carboxylic acid groups (broad SMARTS) is 1. The number of hydrogen-bond donors (Lipinski definition) is 2. The average Bonchev–Trinajstić information content (AvgIpc) is 2.91. The molecule has 0 saturated heterocycles. The Hall–Kier alpha value is -1.95. The van der Waals surface area contributed by atoms with Gasteiger partial charge in [0.25, 0.3) is 0 Å². The van der Waals surface area contributed by atoms with Crippen molar-refractivity contribution in [2.75, 3.05) is 18.4 Å². The Bertz CT molecular complexity index is 515. The molecular formula is C15H19FN2O3. The van der Waals surface area contributed by atoms with E-state index in [1.165, 1.54) is 18.2 Å². The summed E-state index contributed by atoms with van der Waals surface area (Å²) in [5, 5.41) is 11.6. The normalized spacial score (nSPS) is 15.3. The number of anilines is 1. The van der Waals surface area contributed by atoms with Gasteiger partial charge in [-0.2, -0.15) is 0 Å². The van der Waals surface area contributed by atoms with Crippen molar-refractivity contribution < 1.29 is 19.1 Å². The summed E-state index contributed by atoms with van der Waals surface area (Å²) in [6.45, 7) is -0.144. The minimum atomic E-state index is -0.944. The van der Waals surface area contributed by atoms with Crippen molar-refractivity contribution in [3.63, 3.8) is 0 Å². The van der Waals surface area contributed by atoms with Gasteiger partial charge in [-0.1, -0.05) is 18.9 Å². The number of nitrogens with zero attached hydrogens (tertiary/aromatic N) is 1. The van der Waals surface area contributed by atoms with E-state index in [9.17, 15) is 14.0 Å². The average molecular weight is 294 g/mol. The zero-order valence-corrected chi connectivity index (χ0v) is 11.7. The second kappa shape index (κ2) is 7.17. The van der Waals surface area contributed by atoms with Crippen molar-refractivity contribution >= 4 is 17.6 Å². The van der Waals surface area contributed by atoms with E-state index < -0.39 is 11.8 Å². The van der Waals surface area contributed by atoms with Crippen molar-refractivity contribution in [3.05, 3.63) is 30.1 Å². The number of hydrogen-bond acceptors (Lipinski definition) is 3. The van der Waals surface area contributed by atoms with Crippen LogP contribution in [0.5, 0.6) is 0 Å². The highest BCUT2D eigenvalue weighted by atomic mass is 19.1. The van der Waals surface area contributed by atoms with Gasteiger partial charge in [-0.05, 0) is 31.0 Å². The molecule has 1 saturated carbocycles. The molecule has 0 atom stereocenters. The van der Waals surface area contributed by atoms with E-state index in [4.69, 9.17) is 5.11 Å². The Balaban J connectivity index is 1.95. The van der Waals surface area contributed by atoms with E-state index in [1.54, 1.807) is 11.0 Å². The fourth-order valence-corrected chi connectivity index (χ4v) is 2.71. The number of nitrogens with one attached hydrogen (secondary N) is 1. The van der Waals surface area contributed by atoms with Crippen LogP contribution in [0.25, 0.3) is 0 Å². The standard InChI is InChI=1S/C15H19FN2O3/c16-11-4-3-5-12(8-11)17-14(19)9-18(10-15(20)21)13-6-1-2-7-13/h3-5,8,13H,1-2,6-7,9-10H2,(H,17,19)(H,20,21). The maximum Gasteiger partial charge on any atom is 0.317 e. The lowest BCUT2D eigenvalue weighted by molar-refractivity contribution is -0.139. The number of halogens is 1. The molecule has 1 aliphatic carbocycles. The first-order chi connectivity index (χ1) is 10.0. The summed E-state index contributed by atoms with van der Waals surface area (Å²) in [4.78, 5) is 24.6. The molecule has 0 aliphatic heterocycles. The van der Waals surface area contributed by atoms with Gasteiger partial charge in [0.2, 0.25) is 5.91 Å². The van der Waals surface area contributed by atoms with Gasteiger partial charge < -0.3 is 10.4 Å². The number of carbonyl (C=O) groups is 2. The Morgan fingerprint density at radius 1 is 1.29 bits per heavy atom. The van der Waals surface area contributed by atoms with Crippen LogP contribution in [-0.4, -0.2) is 41.0 Å². The number of aliphatic carboxylic acids is 1. The smallest absolute Gasteiger partial charge is 0.317 e. The van der Waals surface area contributed by atoms with Crippen molar-refractivity contribution in [2.45, 2.75) is 31.7 Å². The van der Waals surface area contributed by atoms with Crippen LogP contribution in [0, 0.1) is 5.82 Å². The van der Waals surface area contributed by atoms with Crippen LogP contribution in [0.3, 0.4) is 0 Å². The molecule has 0 bridgehead atoms. The van der Waals surface area contributed by atoms with Gasteiger partial charge in [0, 0.05) is 11.7 Å². The van der Waals surface area contributed by atoms with Crippen molar-refractivity contribution in [1.82, 2.24) is 4.90 Å². The highest BCUT2D eigenvalue weighted by Gasteiger charge is 2.26. The van der Waals surface area contributed by atoms with Gasteiger partial charge in [0.15, 0.2) is 0 Å². The Kier molecular flexibility index (Phi) is 5.27. The van der Waals surface area contributed by atoms with Crippen LogP contribution in [0.1, 0.15) is 25.7 Å². The molecule has 1 aliphatic rings. The number of amides is 1. The molecule has 6 heteroatoms. The van der Waals surface area contributed by atoms with Gasteiger partial charge in [-0.15, -0.1) is 0 Å². The van der Waals surface area contributed by atoms with Crippen LogP contribution < -0.4 is 5.32 Å². The molecule has 1 amide bonds. The summed E-state index contributed by atoms with van der Waals surface area (Å²) in [5.74, 6) is -1.69. The summed E-state index contributed by atoms with van der Waals surface area (Å²) in [7, 11) is 0. The van der Waals surface area contributed by atoms with E-state index in [-0.39, 0.29) is 25.0 Å². The monoisotopic (exact) mass is 294 g/mol. The van der Waals surface area contributed by atoms with E-state index in [2.05, 4.69) is 5.32 Å². The summed E-state index contributed by atoms with van der Waals surface area (Å²) in [6, 6.07) is 5.77. The molecular weight excluding hydrogens is 275 g/mol. The zero-order valence-electron chi connectivity index (χ0n) is 11.7. The molecule has 0 unspecified atom stereocenters. The zero-order chi connectivity index (χ0) is 15.2. The molecule has 1 fully saturated rings. The molecule has 0 heterocycles. The highest BCUT2D eigenvalue weighted by Crippen LogP contribution is 2.23. The van der Waals surface area contributed by atoms with Gasteiger partial charge in [0.05, 0.1) is 13.1 Å². The summed E-state index contributed by atoms with van der Waals surface area (Å²) in [5.41, 5.74) is 0.377. The van der Waals surface area contributed by atoms with Crippen LogP contribution >= 0.6 is 0 Å².